The molecule has 0 aromatic heterocycles. The fraction of sp³-hybridized carbons (Fsp3) is 0.333. The summed E-state index contributed by atoms with van der Waals surface area (Å²) in [5.74, 6) is 0. The number of nitrogens with two attached hydrogens (primary N) is 1. The van der Waals surface area contributed by atoms with Gasteiger partial charge in [0.2, 0.25) is 0 Å². The number of hydrogen-bond acceptors (Lipinski definition) is 9. The lowest BCUT2D eigenvalue weighted by atomic mass is 10.2. The second-order valence-corrected chi connectivity index (χ2v) is 9.27. The molecule has 2 rings (SSSR count). The number of rotatable bonds is 3. The molecule has 0 fully saturated rings. The number of amides is 2. The minimum absolute atomic E-state index is 0.0155. The molecule has 0 aliphatic carbocycles. The van der Waals surface area contributed by atoms with Gasteiger partial charge in [-0.25, -0.2) is 9.59 Å². The van der Waals surface area contributed by atoms with Gasteiger partial charge in [0.15, 0.2) is 0 Å². The summed E-state index contributed by atoms with van der Waals surface area (Å²) >= 11 is 0. The van der Waals surface area contributed by atoms with Gasteiger partial charge in [0, 0.05) is 6.07 Å². The number of ether oxygens (including phenoxy) is 2. The van der Waals surface area contributed by atoms with Crippen LogP contribution in [-0.2, 0) is 9.47 Å². The van der Waals surface area contributed by atoms with Crippen molar-refractivity contribution in [2.45, 2.75) is 52.7 Å². The number of nitriles is 2. The van der Waals surface area contributed by atoms with Crippen molar-refractivity contribution in [3.8, 4) is 12.1 Å². The van der Waals surface area contributed by atoms with Crippen molar-refractivity contribution < 1.29 is 24.0 Å². The third-order valence-corrected chi connectivity index (χ3v) is 3.78. The predicted octanol–water partition coefficient (Wildman–Crippen LogP) is 5.30. The van der Waals surface area contributed by atoms with Crippen LogP contribution in [0.3, 0.4) is 0 Å². The average molecular weight is 497 g/mol. The zero-order valence-corrected chi connectivity index (χ0v) is 20.8. The van der Waals surface area contributed by atoms with Crippen molar-refractivity contribution in [3.63, 3.8) is 0 Å². The molecule has 0 bridgehead atoms. The summed E-state index contributed by atoms with van der Waals surface area (Å²) in [7, 11) is 0. The largest absolute Gasteiger partial charge is 0.444 e. The quantitative estimate of drug-likeness (QED) is 0.287. The summed E-state index contributed by atoms with van der Waals surface area (Å²) in [6.45, 7) is 10.4. The molecule has 0 atom stereocenters. The monoisotopic (exact) mass is 496 g/mol. The van der Waals surface area contributed by atoms with Gasteiger partial charge in [-0.05, 0) is 71.9 Å². The maximum absolute atomic E-state index is 11.5. The number of benzene rings is 2. The average Bonchev–Trinajstić information content (AvgIpc) is 2.73. The van der Waals surface area contributed by atoms with E-state index in [0.29, 0.717) is 16.9 Å². The summed E-state index contributed by atoms with van der Waals surface area (Å²) in [5, 5.41) is 33.0. The van der Waals surface area contributed by atoms with E-state index in [2.05, 4.69) is 10.6 Å². The third kappa shape index (κ3) is 10.4. The molecule has 0 saturated heterocycles. The van der Waals surface area contributed by atoms with Gasteiger partial charge in [-0.15, -0.1) is 0 Å². The SMILES string of the molecule is CC(C)(C)OC(=O)Nc1ccc(C#N)cc1N.CC(C)(C)OC(=O)Nc1ccc(C#N)cc1[N+](=O)[O-]. The zero-order chi connectivity index (χ0) is 27.7. The Kier molecular flexibility index (Phi) is 9.76. The summed E-state index contributed by atoms with van der Waals surface area (Å²) in [5.41, 5.74) is 5.39. The lowest BCUT2D eigenvalue weighted by molar-refractivity contribution is -0.383. The van der Waals surface area contributed by atoms with Gasteiger partial charge < -0.3 is 15.2 Å². The van der Waals surface area contributed by atoms with Crippen LogP contribution < -0.4 is 16.4 Å². The number of nitro groups is 1. The zero-order valence-electron chi connectivity index (χ0n) is 20.8. The standard InChI is InChI=1S/C12H13N3O4.C12H15N3O2/c1-12(2,3)19-11(16)14-9-5-4-8(7-13)6-10(9)15(17)18;1-12(2,3)17-11(16)15-10-5-4-8(7-13)6-9(10)14/h4-6H,1-3H3,(H,14,16);4-6H,14H2,1-3H3,(H,15,16). The van der Waals surface area contributed by atoms with Crippen molar-refractivity contribution in [2.75, 3.05) is 16.4 Å². The lowest BCUT2D eigenvalue weighted by Gasteiger charge is -2.20. The van der Waals surface area contributed by atoms with Gasteiger partial charge >= 0.3 is 12.2 Å². The Morgan fingerprint density at radius 1 is 0.861 bits per heavy atom. The Morgan fingerprint density at radius 3 is 1.67 bits per heavy atom. The first-order chi connectivity index (χ1) is 16.5. The first kappa shape index (κ1) is 29.2. The number of carbonyl (C=O) groups excluding carboxylic acids is 2. The van der Waals surface area contributed by atoms with Crippen molar-refractivity contribution in [2.24, 2.45) is 0 Å². The molecular formula is C24H28N6O6. The third-order valence-electron chi connectivity index (χ3n) is 3.78. The number of nitrogens with zero attached hydrogens (tertiary/aromatic N) is 3. The molecule has 0 unspecified atom stereocenters. The van der Waals surface area contributed by atoms with Crippen LogP contribution in [0.1, 0.15) is 52.7 Å². The van der Waals surface area contributed by atoms with Gasteiger partial charge in [0.25, 0.3) is 5.69 Å². The molecule has 2 aromatic rings. The Bertz CT molecular complexity index is 1220. The fourth-order valence-electron chi connectivity index (χ4n) is 2.43. The molecule has 0 aliphatic heterocycles. The fourth-order valence-corrected chi connectivity index (χ4v) is 2.43. The maximum atomic E-state index is 11.5. The molecule has 0 aliphatic rings. The molecule has 4 N–H and O–H groups in total. The number of nitro benzene ring substituents is 1. The first-order valence-electron chi connectivity index (χ1n) is 10.5. The molecule has 0 spiro atoms. The van der Waals surface area contributed by atoms with Crippen LogP contribution in [0.15, 0.2) is 36.4 Å². The Hall–Kier alpha value is -4.84. The normalized spacial score (nSPS) is 10.4. The smallest absolute Gasteiger partial charge is 0.412 e. The number of carbonyl (C=O) groups is 2. The van der Waals surface area contributed by atoms with E-state index >= 15 is 0 Å². The maximum Gasteiger partial charge on any atom is 0.412 e. The minimum Gasteiger partial charge on any atom is -0.444 e. The number of nitrogens with one attached hydrogen (secondary N) is 2. The van der Waals surface area contributed by atoms with Crippen LogP contribution in [0.4, 0.5) is 32.3 Å². The first-order valence-corrected chi connectivity index (χ1v) is 10.5. The molecular weight excluding hydrogens is 468 g/mol. The number of nitrogen functional groups attached to an aromatic ring is 1. The van der Waals surface area contributed by atoms with Crippen LogP contribution in [0.2, 0.25) is 0 Å². The van der Waals surface area contributed by atoms with E-state index in [-0.39, 0.29) is 16.9 Å². The molecule has 2 amide bonds. The summed E-state index contributed by atoms with van der Waals surface area (Å²) in [6, 6.07) is 12.1. The van der Waals surface area contributed by atoms with E-state index in [9.17, 15) is 19.7 Å². The highest BCUT2D eigenvalue weighted by atomic mass is 16.6. The molecule has 36 heavy (non-hydrogen) atoms. The van der Waals surface area contributed by atoms with Crippen molar-refractivity contribution in [1.29, 1.82) is 10.5 Å². The van der Waals surface area contributed by atoms with Gasteiger partial charge in [0.1, 0.15) is 16.9 Å². The van der Waals surface area contributed by atoms with Crippen LogP contribution in [-0.4, -0.2) is 28.3 Å². The number of hydrogen-bond donors (Lipinski definition) is 3. The second kappa shape index (κ2) is 12.0. The Balaban J connectivity index is 0.000000362. The van der Waals surface area contributed by atoms with Gasteiger partial charge in [-0.3, -0.25) is 20.7 Å². The molecule has 0 saturated carbocycles. The summed E-state index contributed by atoms with van der Waals surface area (Å²) in [4.78, 5) is 33.2. The van der Waals surface area contributed by atoms with E-state index < -0.39 is 28.3 Å². The molecule has 2 aromatic carbocycles. The van der Waals surface area contributed by atoms with Crippen LogP contribution >= 0.6 is 0 Å². The lowest BCUT2D eigenvalue weighted by Crippen LogP contribution is -2.27. The van der Waals surface area contributed by atoms with Crippen LogP contribution in [0.5, 0.6) is 0 Å². The Morgan fingerprint density at radius 2 is 1.28 bits per heavy atom. The number of anilines is 3. The van der Waals surface area contributed by atoms with E-state index in [1.165, 1.54) is 18.2 Å². The van der Waals surface area contributed by atoms with E-state index in [1.807, 2.05) is 6.07 Å². The minimum atomic E-state index is -0.791. The van der Waals surface area contributed by atoms with Crippen molar-refractivity contribution in [1.82, 2.24) is 0 Å². The summed E-state index contributed by atoms with van der Waals surface area (Å²) in [6.07, 6.45) is -1.37. The topological polar surface area (TPSA) is 193 Å². The molecule has 0 radical (unpaired) electrons. The van der Waals surface area contributed by atoms with E-state index in [4.69, 9.17) is 25.7 Å². The van der Waals surface area contributed by atoms with Crippen LogP contribution in [0, 0.1) is 32.8 Å². The van der Waals surface area contributed by atoms with Crippen molar-refractivity contribution >= 4 is 34.9 Å². The van der Waals surface area contributed by atoms with Crippen LogP contribution in [0.25, 0.3) is 0 Å². The van der Waals surface area contributed by atoms with Gasteiger partial charge in [0.05, 0.1) is 39.6 Å². The molecule has 0 heterocycles. The van der Waals surface area contributed by atoms with Gasteiger partial charge in [-0.1, -0.05) is 0 Å². The predicted molar refractivity (Wildman–Crippen MR) is 133 cm³/mol. The molecule has 12 heteroatoms. The van der Waals surface area contributed by atoms with Gasteiger partial charge in [-0.2, -0.15) is 10.5 Å². The van der Waals surface area contributed by atoms with E-state index in [0.717, 1.165) is 6.07 Å². The highest BCUT2D eigenvalue weighted by Gasteiger charge is 2.21. The summed E-state index contributed by atoms with van der Waals surface area (Å²) < 4.78 is 10.1. The molecule has 12 nitrogen and oxygen atoms in total. The highest BCUT2D eigenvalue weighted by Crippen LogP contribution is 2.26. The highest BCUT2D eigenvalue weighted by molar-refractivity contribution is 5.89. The Labute approximate surface area is 208 Å². The molecule has 190 valence electrons. The second-order valence-electron chi connectivity index (χ2n) is 9.27. The van der Waals surface area contributed by atoms with E-state index in [1.54, 1.807) is 59.7 Å². The van der Waals surface area contributed by atoms with Crippen molar-refractivity contribution in [3.05, 3.63) is 57.6 Å².